The van der Waals surface area contributed by atoms with E-state index in [1.807, 2.05) is 4.72 Å². The van der Waals surface area contributed by atoms with Crippen molar-refractivity contribution in [3.8, 4) is 0 Å². The van der Waals surface area contributed by atoms with Crippen LogP contribution in [0.2, 0.25) is 0 Å². The van der Waals surface area contributed by atoms with Gasteiger partial charge in [-0.25, -0.2) is 14.5 Å². The van der Waals surface area contributed by atoms with Gasteiger partial charge in [0.1, 0.15) is 0 Å². The predicted octanol–water partition coefficient (Wildman–Crippen LogP) is -0.149. The molecule has 1 rings (SSSR count). The van der Waals surface area contributed by atoms with E-state index in [0.29, 0.717) is 5.69 Å². The van der Waals surface area contributed by atoms with E-state index in [4.69, 9.17) is 0 Å². The number of carbonyl (C=O) groups is 1. The fourth-order valence-electron chi connectivity index (χ4n) is 0.837. The van der Waals surface area contributed by atoms with Crippen LogP contribution in [0.15, 0.2) is 9.78 Å². The van der Waals surface area contributed by atoms with Crippen LogP contribution in [0.3, 0.4) is 0 Å². The molecule has 0 aliphatic rings. The van der Waals surface area contributed by atoms with Gasteiger partial charge in [0.25, 0.3) is 6.08 Å². The number of nitrogens with zero attached hydrogens (tertiary/aromatic N) is 2. The minimum absolute atomic E-state index is 0.00269. The molecule has 0 atom stereocenters. The largest absolute Gasteiger partial charge is 0.469 e. The number of methoxy groups -OCH3 is 1. The smallest absolute Gasteiger partial charge is 0.354 e. The molecule has 1 aromatic heterocycles. The van der Waals surface area contributed by atoms with Gasteiger partial charge in [-0.15, -0.1) is 11.3 Å². The first-order chi connectivity index (χ1) is 7.96. The lowest BCUT2D eigenvalue weighted by Crippen LogP contribution is -2.09. The van der Waals surface area contributed by atoms with Gasteiger partial charge in [-0.2, -0.15) is 8.42 Å². The fourth-order valence-corrected chi connectivity index (χ4v) is 2.31. The third-order valence-electron chi connectivity index (χ3n) is 1.48. The number of anilines is 1. The van der Waals surface area contributed by atoms with Crippen LogP contribution in [-0.4, -0.2) is 32.6 Å². The number of hydrogen-bond acceptors (Lipinski definition) is 7. The van der Waals surface area contributed by atoms with Crippen molar-refractivity contribution in [1.29, 1.82) is 0 Å². The summed E-state index contributed by atoms with van der Waals surface area (Å²) < 4.78 is 31.0. The summed E-state index contributed by atoms with van der Waals surface area (Å²) in [5.74, 6) is -0.490. The first-order valence-corrected chi connectivity index (χ1v) is 6.42. The van der Waals surface area contributed by atoms with Crippen molar-refractivity contribution in [1.82, 2.24) is 4.98 Å². The average Bonchev–Trinajstić information content (AvgIpc) is 2.64. The summed E-state index contributed by atoms with van der Waals surface area (Å²) in [7, 11) is -2.89. The van der Waals surface area contributed by atoms with E-state index in [9.17, 15) is 18.0 Å². The van der Waals surface area contributed by atoms with Crippen LogP contribution >= 0.6 is 11.3 Å². The van der Waals surface area contributed by atoms with Crippen molar-refractivity contribution >= 4 is 38.7 Å². The maximum atomic E-state index is 11.0. The van der Waals surface area contributed by atoms with Gasteiger partial charge in [0, 0.05) is 5.38 Å². The molecular weight excluding hydrogens is 270 g/mol. The molecule has 10 heteroatoms. The lowest BCUT2D eigenvalue weighted by molar-refractivity contribution is -0.139. The molecule has 0 fully saturated rings. The number of nitrogens with one attached hydrogen (secondary N) is 1. The Hall–Kier alpha value is -1.77. The monoisotopic (exact) mass is 277 g/mol. The van der Waals surface area contributed by atoms with Gasteiger partial charge < -0.3 is 4.74 Å². The minimum Gasteiger partial charge on any atom is -0.469 e. The number of rotatable bonds is 5. The average molecular weight is 277 g/mol. The molecule has 0 unspecified atom stereocenters. The third-order valence-corrected chi connectivity index (χ3v) is 3.18. The molecule has 0 aliphatic heterocycles. The standard InChI is InChI=1S/C7H7N3O5S2/c1-15-6(12)2-5-3-16-7(9-5)10-17(13,14)8-4-11/h3H,2H2,1H3,(H,9,10). The van der Waals surface area contributed by atoms with E-state index in [1.165, 1.54) is 12.5 Å². The molecule has 0 amide bonds. The fraction of sp³-hybridized carbons (Fsp3) is 0.286. The Morgan fingerprint density at radius 3 is 3.00 bits per heavy atom. The van der Waals surface area contributed by atoms with Gasteiger partial charge in [-0.05, 0) is 0 Å². The predicted molar refractivity (Wildman–Crippen MR) is 58.5 cm³/mol. The molecule has 0 aliphatic carbocycles. The molecule has 0 bridgehead atoms. The molecule has 1 aromatic rings. The molecule has 1 N–H and O–H groups in total. The first-order valence-electron chi connectivity index (χ1n) is 4.10. The lowest BCUT2D eigenvalue weighted by Gasteiger charge is -1.96. The van der Waals surface area contributed by atoms with Crippen LogP contribution in [-0.2, 0) is 31.0 Å². The molecule has 0 saturated carbocycles. The minimum atomic E-state index is -4.12. The maximum absolute atomic E-state index is 11.0. The molecule has 17 heavy (non-hydrogen) atoms. The summed E-state index contributed by atoms with van der Waals surface area (Å²) in [4.78, 5) is 24.5. The Kier molecular flexibility index (Phi) is 4.32. The van der Waals surface area contributed by atoms with Crippen molar-refractivity contribution < 1.29 is 22.7 Å². The zero-order valence-electron chi connectivity index (χ0n) is 8.54. The Morgan fingerprint density at radius 1 is 1.71 bits per heavy atom. The number of ether oxygens (including phenoxy) is 1. The number of carbonyl (C=O) groups excluding carboxylic acids is 2. The second-order valence-electron chi connectivity index (χ2n) is 2.66. The van der Waals surface area contributed by atoms with E-state index >= 15 is 0 Å². The third kappa shape index (κ3) is 4.31. The number of isocyanates is 1. The number of thiazole rings is 1. The lowest BCUT2D eigenvalue weighted by atomic mass is 10.3. The van der Waals surface area contributed by atoms with E-state index < -0.39 is 16.2 Å². The highest BCUT2D eigenvalue weighted by Crippen LogP contribution is 2.17. The van der Waals surface area contributed by atoms with E-state index in [0.717, 1.165) is 17.4 Å². The highest BCUT2D eigenvalue weighted by Gasteiger charge is 2.12. The van der Waals surface area contributed by atoms with Gasteiger partial charge in [0.15, 0.2) is 5.13 Å². The normalized spacial score (nSPS) is 10.4. The van der Waals surface area contributed by atoms with E-state index in [-0.39, 0.29) is 11.6 Å². The Balaban J connectivity index is 2.76. The van der Waals surface area contributed by atoms with Crippen LogP contribution in [0.5, 0.6) is 0 Å². The van der Waals surface area contributed by atoms with Crippen LogP contribution < -0.4 is 4.72 Å². The van der Waals surface area contributed by atoms with Gasteiger partial charge in [0.05, 0.1) is 19.2 Å². The Morgan fingerprint density at radius 2 is 2.41 bits per heavy atom. The molecule has 0 aromatic carbocycles. The summed E-state index contributed by atoms with van der Waals surface area (Å²) in [5.41, 5.74) is 0.356. The van der Waals surface area contributed by atoms with Crippen molar-refractivity contribution in [2.45, 2.75) is 6.42 Å². The van der Waals surface area contributed by atoms with Crippen LogP contribution in [0, 0.1) is 0 Å². The van der Waals surface area contributed by atoms with Crippen molar-refractivity contribution in [2.24, 2.45) is 4.40 Å². The number of hydrogen-bond donors (Lipinski definition) is 1. The summed E-state index contributed by atoms with van der Waals surface area (Å²) in [6.07, 6.45) is 0.840. The van der Waals surface area contributed by atoms with Crippen molar-refractivity contribution in [3.63, 3.8) is 0 Å². The second-order valence-corrected chi connectivity index (χ2v) is 4.85. The molecule has 0 saturated heterocycles. The van der Waals surface area contributed by atoms with Crippen LogP contribution in [0.1, 0.15) is 5.69 Å². The summed E-state index contributed by atoms with van der Waals surface area (Å²) in [6, 6.07) is 0. The quantitative estimate of drug-likeness (QED) is 0.454. The summed E-state index contributed by atoms with van der Waals surface area (Å²) >= 11 is 0.956. The zero-order valence-corrected chi connectivity index (χ0v) is 10.2. The van der Waals surface area contributed by atoms with E-state index in [1.54, 1.807) is 0 Å². The van der Waals surface area contributed by atoms with Crippen molar-refractivity contribution in [2.75, 3.05) is 11.8 Å². The van der Waals surface area contributed by atoms with E-state index in [2.05, 4.69) is 14.1 Å². The topological polar surface area (TPSA) is 115 Å². The Labute approximate surface area is 101 Å². The SMILES string of the molecule is COC(=O)Cc1csc(NS(=O)(=O)N=C=O)n1. The number of aromatic nitrogens is 1. The summed E-state index contributed by atoms with van der Waals surface area (Å²) in [5, 5.41) is 1.49. The van der Waals surface area contributed by atoms with Gasteiger partial charge in [-0.3, -0.25) is 4.79 Å². The van der Waals surface area contributed by atoms with Crippen molar-refractivity contribution in [3.05, 3.63) is 11.1 Å². The Bertz CT molecular complexity index is 558. The maximum Gasteiger partial charge on any atom is 0.354 e. The van der Waals surface area contributed by atoms with Gasteiger partial charge >= 0.3 is 16.2 Å². The van der Waals surface area contributed by atoms with Crippen LogP contribution in [0.25, 0.3) is 0 Å². The second kappa shape index (κ2) is 5.53. The zero-order chi connectivity index (χ0) is 12.9. The van der Waals surface area contributed by atoms with Gasteiger partial charge in [0.2, 0.25) is 0 Å². The molecular formula is C7H7N3O5S2. The molecule has 92 valence electrons. The van der Waals surface area contributed by atoms with Crippen LogP contribution in [0.4, 0.5) is 5.13 Å². The molecule has 0 spiro atoms. The molecule has 8 nitrogen and oxygen atoms in total. The molecule has 1 heterocycles. The summed E-state index contributed by atoms with van der Waals surface area (Å²) in [6.45, 7) is 0. The molecule has 0 radical (unpaired) electrons. The number of esters is 1. The van der Waals surface area contributed by atoms with Gasteiger partial charge in [-0.1, -0.05) is 4.40 Å². The first kappa shape index (κ1) is 13.3. The highest BCUT2D eigenvalue weighted by atomic mass is 32.2. The highest BCUT2D eigenvalue weighted by molar-refractivity contribution is 7.91.